The van der Waals surface area contributed by atoms with Crippen molar-refractivity contribution in [1.82, 2.24) is 19.5 Å². The maximum absolute atomic E-state index is 6.26. The highest BCUT2D eigenvalue weighted by molar-refractivity contribution is 6.33. The second-order valence-electron chi connectivity index (χ2n) is 8.76. The predicted octanol–water partition coefficient (Wildman–Crippen LogP) is 6.66. The van der Waals surface area contributed by atoms with Gasteiger partial charge in [0.05, 0.1) is 17.0 Å². The number of benzene rings is 2. The van der Waals surface area contributed by atoms with Gasteiger partial charge in [-0.15, -0.1) is 0 Å². The molecule has 3 aromatic heterocycles. The normalized spacial score (nSPS) is 17.6. The first kappa shape index (κ1) is 23.0. The average Bonchev–Trinajstić information content (AvgIpc) is 3.55. The predicted molar refractivity (Wildman–Crippen MR) is 142 cm³/mol. The first-order chi connectivity index (χ1) is 17.6. The van der Waals surface area contributed by atoms with Crippen LogP contribution in [0.15, 0.2) is 73.2 Å². The summed E-state index contributed by atoms with van der Waals surface area (Å²) in [5.41, 5.74) is 2.79. The Bertz CT molecular complexity index is 1520. The molecule has 0 unspecified atom stereocenters. The van der Waals surface area contributed by atoms with Crippen LogP contribution in [-0.4, -0.2) is 32.2 Å². The zero-order valence-electron chi connectivity index (χ0n) is 19.3. The Balaban J connectivity index is 1.09. The van der Waals surface area contributed by atoms with Crippen LogP contribution >= 0.6 is 23.2 Å². The number of halogens is 2. The Morgan fingerprint density at radius 1 is 1.00 bits per heavy atom. The summed E-state index contributed by atoms with van der Waals surface area (Å²) in [6.07, 6.45) is 5.08. The number of nitrogens with one attached hydrogen (secondary N) is 1. The lowest BCUT2D eigenvalue weighted by atomic mass is 10.2. The van der Waals surface area contributed by atoms with Crippen LogP contribution in [-0.2, 0) is 11.3 Å². The van der Waals surface area contributed by atoms with E-state index in [9.17, 15) is 0 Å². The fourth-order valence-electron chi connectivity index (χ4n) is 4.46. The summed E-state index contributed by atoms with van der Waals surface area (Å²) in [6.45, 7) is 1.13. The summed E-state index contributed by atoms with van der Waals surface area (Å²) in [7, 11) is 0. The van der Waals surface area contributed by atoms with Gasteiger partial charge in [0.1, 0.15) is 41.5 Å². The molecule has 2 aromatic carbocycles. The number of fused-ring (bicyclic) bond motifs is 2. The molecule has 5 aromatic rings. The van der Waals surface area contributed by atoms with E-state index in [2.05, 4.69) is 21.4 Å². The molecule has 1 aliphatic rings. The molecule has 0 bridgehead atoms. The summed E-state index contributed by atoms with van der Waals surface area (Å²) in [6, 6.07) is 19.7. The highest BCUT2D eigenvalue weighted by Gasteiger charge is 2.28. The third-order valence-corrected chi connectivity index (χ3v) is 6.90. The molecule has 1 saturated heterocycles. The van der Waals surface area contributed by atoms with Crippen molar-refractivity contribution >= 4 is 51.0 Å². The molecule has 182 valence electrons. The molecule has 7 nitrogen and oxygen atoms in total. The van der Waals surface area contributed by atoms with Crippen LogP contribution < -0.4 is 10.1 Å². The van der Waals surface area contributed by atoms with Crippen molar-refractivity contribution in [3.05, 3.63) is 88.9 Å². The van der Waals surface area contributed by atoms with Gasteiger partial charge in [-0.05, 0) is 60.9 Å². The molecule has 9 heteroatoms. The number of ether oxygens (including phenoxy) is 2. The molecule has 1 N–H and O–H groups in total. The van der Waals surface area contributed by atoms with Gasteiger partial charge in [0.25, 0.3) is 0 Å². The second-order valence-corrected chi connectivity index (χ2v) is 9.55. The quantitative estimate of drug-likeness (QED) is 0.242. The molecule has 0 radical (unpaired) electrons. The van der Waals surface area contributed by atoms with Crippen molar-refractivity contribution in [2.24, 2.45) is 0 Å². The first-order valence-electron chi connectivity index (χ1n) is 11.8. The maximum atomic E-state index is 6.26. The summed E-state index contributed by atoms with van der Waals surface area (Å²) in [4.78, 5) is 13.2. The van der Waals surface area contributed by atoms with Gasteiger partial charge in [0, 0.05) is 29.2 Å². The summed E-state index contributed by atoms with van der Waals surface area (Å²) in [5, 5.41) is 6.42. The molecule has 0 aliphatic carbocycles. The van der Waals surface area contributed by atoms with Gasteiger partial charge in [-0.1, -0.05) is 35.3 Å². The summed E-state index contributed by atoms with van der Waals surface area (Å²) in [5.74, 6) is 1.57. The summed E-state index contributed by atoms with van der Waals surface area (Å²) < 4.78 is 14.4. The third kappa shape index (κ3) is 4.82. The fraction of sp³-hybridized carbons (Fsp3) is 0.222. The smallest absolute Gasteiger partial charge is 0.146 e. The molecule has 0 amide bonds. The average molecular weight is 520 g/mol. The standard InChI is InChI=1S/C27H23Cl2N5O2/c28-19-5-1-17(2-6-19)14-30-24-9-4-18-3-7-20(13-23(18)33-24)35-15-21-8-10-25(36-21)34-12-11-22-26(29)31-16-32-27(22)34/h1-7,9,11-13,16,21,25H,8,10,14-15H2,(H,30,33)/t21-,25+/m0/s1. The molecule has 2 atom stereocenters. The van der Waals surface area contributed by atoms with Crippen LogP contribution in [0, 0.1) is 0 Å². The van der Waals surface area contributed by atoms with E-state index in [0.717, 1.165) is 56.9 Å². The molecule has 36 heavy (non-hydrogen) atoms. The van der Waals surface area contributed by atoms with Crippen LogP contribution in [0.1, 0.15) is 24.6 Å². The zero-order valence-corrected chi connectivity index (χ0v) is 20.8. The van der Waals surface area contributed by atoms with Crippen molar-refractivity contribution in [2.75, 3.05) is 11.9 Å². The van der Waals surface area contributed by atoms with Crippen molar-refractivity contribution in [1.29, 1.82) is 0 Å². The lowest BCUT2D eigenvalue weighted by molar-refractivity contribution is -0.0156. The number of hydrogen-bond acceptors (Lipinski definition) is 6. The summed E-state index contributed by atoms with van der Waals surface area (Å²) >= 11 is 12.2. The molecule has 1 aliphatic heterocycles. The largest absolute Gasteiger partial charge is 0.491 e. The highest BCUT2D eigenvalue weighted by Crippen LogP contribution is 2.33. The molecule has 6 rings (SSSR count). The van der Waals surface area contributed by atoms with E-state index in [0.29, 0.717) is 18.3 Å². The van der Waals surface area contributed by atoms with Crippen LogP contribution in [0.5, 0.6) is 5.75 Å². The van der Waals surface area contributed by atoms with Crippen molar-refractivity contribution in [3.63, 3.8) is 0 Å². The third-order valence-electron chi connectivity index (χ3n) is 6.34. The van der Waals surface area contributed by atoms with Gasteiger partial charge in [-0.3, -0.25) is 0 Å². The number of pyridine rings is 1. The van der Waals surface area contributed by atoms with Gasteiger partial charge in [-0.25, -0.2) is 15.0 Å². The number of anilines is 1. The number of hydrogen-bond donors (Lipinski definition) is 1. The topological polar surface area (TPSA) is 74.1 Å². The minimum Gasteiger partial charge on any atom is -0.491 e. The van der Waals surface area contributed by atoms with E-state index < -0.39 is 0 Å². The lowest BCUT2D eigenvalue weighted by Gasteiger charge is -2.16. The van der Waals surface area contributed by atoms with E-state index >= 15 is 0 Å². The monoisotopic (exact) mass is 519 g/mol. The SMILES string of the molecule is Clc1ccc(CNc2ccc3ccc(OC[C@@H]4CC[C@H](n5ccc6c(Cl)ncnc65)O4)cc3n2)cc1. The van der Waals surface area contributed by atoms with Crippen LogP contribution in [0.3, 0.4) is 0 Å². The molecule has 1 fully saturated rings. The highest BCUT2D eigenvalue weighted by atomic mass is 35.5. The fourth-order valence-corrected chi connectivity index (χ4v) is 4.77. The van der Waals surface area contributed by atoms with Crippen LogP contribution in [0.2, 0.25) is 10.2 Å². The van der Waals surface area contributed by atoms with E-state index in [-0.39, 0.29) is 12.3 Å². The maximum Gasteiger partial charge on any atom is 0.146 e. The Morgan fingerprint density at radius 2 is 1.86 bits per heavy atom. The Morgan fingerprint density at radius 3 is 2.75 bits per heavy atom. The number of rotatable bonds is 7. The number of aromatic nitrogens is 4. The minimum atomic E-state index is -0.102. The van der Waals surface area contributed by atoms with E-state index in [4.69, 9.17) is 37.7 Å². The van der Waals surface area contributed by atoms with E-state index in [1.807, 2.05) is 65.4 Å². The van der Waals surface area contributed by atoms with Crippen molar-refractivity contribution < 1.29 is 9.47 Å². The molecular weight excluding hydrogens is 497 g/mol. The second kappa shape index (κ2) is 9.93. The molecule has 0 saturated carbocycles. The van der Waals surface area contributed by atoms with Gasteiger partial charge >= 0.3 is 0 Å². The van der Waals surface area contributed by atoms with Crippen LogP contribution in [0.4, 0.5) is 5.82 Å². The van der Waals surface area contributed by atoms with Gasteiger partial charge in [0.15, 0.2) is 0 Å². The van der Waals surface area contributed by atoms with Crippen LogP contribution in [0.25, 0.3) is 21.9 Å². The Labute approximate surface area is 218 Å². The number of nitrogens with zero attached hydrogens (tertiary/aromatic N) is 4. The molecular formula is C27H23Cl2N5O2. The van der Waals surface area contributed by atoms with E-state index in [1.54, 1.807) is 0 Å². The van der Waals surface area contributed by atoms with Gasteiger partial charge < -0.3 is 19.4 Å². The Kier molecular flexibility index (Phi) is 6.35. The van der Waals surface area contributed by atoms with E-state index in [1.165, 1.54) is 6.33 Å². The lowest BCUT2D eigenvalue weighted by Crippen LogP contribution is -2.18. The Hall–Kier alpha value is -3.39. The molecule has 4 heterocycles. The first-order valence-corrected chi connectivity index (χ1v) is 12.5. The van der Waals surface area contributed by atoms with Crippen molar-refractivity contribution in [3.8, 4) is 5.75 Å². The zero-order chi connectivity index (χ0) is 24.5. The minimum absolute atomic E-state index is 0.0132. The van der Waals surface area contributed by atoms with Gasteiger partial charge in [0.2, 0.25) is 0 Å². The van der Waals surface area contributed by atoms with Gasteiger partial charge in [-0.2, -0.15) is 0 Å². The van der Waals surface area contributed by atoms with Crippen molar-refractivity contribution in [2.45, 2.75) is 31.7 Å². The molecule has 0 spiro atoms.